The molecule has 0 bridgehead atoms. The molecule has 0 saturated carbocycles. The molecule has 0 radical (unpaired) electrons. The molecule has 0 unspecified atom stereocenters. The van der Waals surface area contributed by atoms with Gasteiger partial charge >= 0.3 is 0 Å². The van der Waals surface area contributed by atoms with Gasteiger partial charge in [-0.15, -0.1) is 0 Å². The van der Waals surface area contributed by atoms with Crippen LogP contribution in [-0.2, 0) is 6.54 Å². The van der Waals surface area contributed by atoms with Crippen LogP contribution in [0.2, 0.25) is 0 Å². The van der Waals surface area contributed by atoms with Gasteiger partial charge in [0.05, 0.1) is 11.4 Å². The van der Waals surface area contributed by atoms with Crippen LogP contribution in [0.25, 0.3) is 22.5 Å². The van der Waals surface area contributed by atoms with Crippen LogP contribution in [0.3, 0.4) is 0 Å². The highest BCUT2D eigenvalue weighted by molar-refractivity contribution is 5.68. The smallest absolute Gasteiger partial charge is 0.0754 e. The Balaban J connectivity index is 2.13. The molecule has 0 spiro atoms. The van der Waals surface area contributed by atoms with E-state index in [1.165, 1.54) is 0 Å². The third kappa shape index (κ3) is 2.46. The normalized spacial score (nSPS) is 10.4. The maximum absolute atomic E-state index is 5.84. The van der Waals surface area contributed by atoms with Gasteiger partial charge in [-0.1, -0.05) is 66.7 Å². The highest BCUT2D eigenvalue weighted by Gasteiger charge is 2.08. The molecule has 2 nitrogen and oxygen atoms in total. The van der Waals surface area contributed by atoms with Crippen molar-refractivity contribution in [2.75, 3.05) is 0 Å². The summed E-state index contributed by atoms with van der Waals surface area (Å²) < 4.78 is 0. The van der Waals surface area contributed by atoms with Crippen LogP contribution in [0, 0.1) is 0 Å². The molecule has 0 saturated heterocycles. The topological polar surface area (TPSA) is 38.9 Å². The van der Waals surface area contributed by atoms with Gasteiger partial charge in [0.1, 0.15) is 0 Å². The third-order valence-corrected chi connectivity index (χ3v) is 3.32. The minimum absolute atomic E-state index is 0.492. The number of nitrogens with two attached hydrogens (primary N) is 1. The van der Waals surface area contributed by atoms with Gasteiger partial charge in [0.25, 0.3) is 0 Å². The summed E-state index contributed by atoms with van der Waals surface area (Å²) in [7, 11) is 0. The number of rotatable bonds is 3. The number of hydrogen-bond acceptors (Lipinski definition) is 2. The Bertz CT molecular complexity index is 691. The number of pyridine rings is 1. The third-order valence-electron chi connectivity index (χ3n) is 3.32. The fourth-order valence-electron chi connectivity index (χ4n) is 2.27. The summed E-state index contributed by atoms with van der Waals surface area (Å²) in [6, 6.07) is 24.5. The molecule has 1 aromatic heterocycles. The Morgan fingerprint density at radius 1 is 0.700 bits per heavy atom. The largest absolute Gasteiger partial charge is 0.326 e. The molecule has 0 amide bonds. The van der Waals surface area contributed by atoms with Gasteiger partial charge in [-0.05, 0) is 11.6 Å². The zero-order chi connectivity index (χ0) is 13.8. The molecule has 0 aliphatic carbocycles. The van der Waals surface area contributed by atoms with Gasteiger partial charge in [-0.25, -0.2) is 4.98 Å². The van der Waals surface area contributed by atoms with Crippen LogP contribution in [0.15, 0.2) is 72.8 Å². The average molecular weight is 260 g/mol. The van der Waals surface area contributed by atoms with Gasteiger partial charge in [-0.3, -0.25) is 0 Å². The van der Waals surface area contributed by atoms with Crippen LogP contribution in [-0.4, -0.2) is 4.98 Å². The van der Waals surface area contributed by atoms with Gasteiger partial charge in [0.2, 0.25) is 0 Å². The van der Waals surface area contributed by atoms with Crippen molar-refractivity contribution >= 4 is 0 Å². The van der Waals surface area contributed by atoms with Crippen LogP contribution in [0.5, 0.6) is 0 Å². The Hall–Kier alpha value is -2.45. The molecule has 2 N–H and O–H groups in total. The van der Waals surface area contributed by atoms with Crippen molar-refractivity contribution < 1.29 is 0 Å². The van der Waals surface area contributed by atoms with Crippen molar-refractivity contribution in [2.45, 2.75) is 6.54 Å². The number of nitrogens with zero attached hydrogens (tertiary/aromatic N) is 1. The lowest BCUT2D eigenvalue weighted by Crippen LogP contribution is -2.01. The molecule has 0 aliphatic heterocycles. The van der Waals surface area contributed by atoms with Gasteiger partial charge in [0.15, 0.2) is 0 Å². The van der Waals surface area contributed by atoms with E-state index in [4.69, 9.17) is 10.7 Å². The second-order valence-corrected chi connectivity index (χ2v) is 4.64. The summed E-state index contributed by atoms with van der Waals surface area (Å²) in [5, 5.41) is 0. The lowest BCUT2D eigenvalue weighted by molar-refractivity contribution is 1.05. The Kier molecular flexibility index (Phi) is 3.57. The summed E-state index contributed by atoms with van der Waals surface area (Å²) in [5.74, 6) is 0. The molecule has 2 aromatic carbocycles. The van der Waals surface area contributed by atoms with Crippen LogP contribution < -0.4 is 5.73 Å². The van der Waals surface area contributed by atoms with E-state index in [1.807, 2.05) is 42.5 Å². The zero-order valence-electron chi connectivity index (χ0n) is 11.2. The number of benzene rings is 2. The summed E-state index contributed by atoms with van der Waals surface area (Å²) >= 11 is 0. The predicted octanol–water partition coefficient (Wildman–Crippen LogP) is 3.87. The first-order valence-corrected chi connectivity index (χ1v) is 6.69. The molecule has 0 fully saturated rings. The van der Waals surface area contributed by atoms with E-state index in [-0.39, 0.29) is 0 Å². The molecular weight excluding hydrogens is 244 g/mol. The molecule has 98 valence electrons. The molecule has 20 heavy (non-hydrogen) atoms. The summed E-state index contributed by atoms with van der Waals surface area (Å²) in [5.41, 5.74) is 11.1. The van der Waals surface area contributed by atoms with Crippen molar-refractivity contribution in [3.8, 4) is 22.5 Å². The summed E-state index contributed by atoms with van der Waals surface area (Å²) in [4.78, 5) is 4.80. The molecule has 0 aliphatic rings. The van der Waals surface area contributed by atoms with Crippen LogP contribution in [0.4, 0.5) is 0 Å². The fraction of sp³-hybridized carbons (Fsp3) is 0.0556. The van der Waals surface area contributed by atoms with E-state index >= 15 is 0 Å². The first-order valence-electron chi connectivity index (χ1n) is 6.69. The molecule has 3 rings (SSSR count). The number of hydrogen-bond donors (Lipinski definition) is 1. The van der Waals surface area contributed by atoms with Crippen LogP contribution >= 0.6 is 0 Å². The average Bonchev–Trinajstić information content (AvgIpc) is 2.56. The van der Waals surface area contributed by atoms with E-state index in [0.29, 0.717) is 6.54 Å². The van der Waals surface area contributed by atoms with Gasteiger partial charge < -0.3 is 5.73 Å². The first-order chi connectivity index (χ1) is 9.88. The maximum Gasteiger partial charge on any atom is 0.0754 e. The van der Waals surface area contributed by atoms with E-state index < -0.39 is 0 Å². The highest BCUT2D eigenvalue weighted by Crippen LogP contribution is 2.25. The Morgan fingerprint density at radius 3 is 1.90 bits per heavy atom. The van der Waals surface area contributed by atoms with E-state index in [1.54, 1.807) is 0 Å². The minimum Gasteiger partial charge on any atom is -0.326 e. The number of aromatic nitrogens is 1. The van der Waals surface area contributed by atoms with Crippen molar-refractivity contribution in [1.82, 2.24) is 4.98 Å². The van der Waals surface area contributed by atoms with Crippen molar-refractivity contribution in [2.24, 2.45) is 5.73 Å². The molecule has 1 heterocycles. The monoisotopic (exact) mass is 260 g/mol. The minimum atomic E-state index is 0.492. The molecule has 3 aromatic rings. The maximum atomic E-state index is 5.84. The quantitative estimate of drug-likeness (QED) is 0.776. The first kappa shape index (κ1) is 12.6. The Morgan fingerprint density at radius 2 is 1.30 bits per heavy atom. The predicted molar refractivity (Wildman–Crippen MR) is 83.0 cm³/mol. The molecule has 0 atom stereocenters. The zero-order valence-corrected chi connectivity index (χ0v) is 11.2. The van der Waals surface area contributed by atoms with E-state index in [9.17, 15) is 0 Å². The standard InChI is InChI=1S/C18H16N2/c19-13-16-11-12-17(14-7-3-1-4-8-14)20-18(16)15-9-5-2-6-10-15/h1-12H,13,19H2. The van der Waals surface area contributed by atoms with Crippen LogP contribution in [0.1, 0.15) is 5.56 Å². The van der Waals surface area contributed by atoms with Gasteiger partial charge in [-0.2, -0.15) is 0 Å². The molecule has 2 heteroatoms. The lowest BCUT2D eigenvalue weighted by Gasteiger charge is -2.10. The summed E-state index contributed by atoms with van der Waals surface area (Å²) in [6.45, 7) is 0.492. The summed E-state index contributed by atoms with van der Waals surface area (Å²) in [6.07, 6.45) is 0. The molecular formula is C18H16N2. The van der Waals surface area contributed by atoms with E-state index in [2.05, 4.69) is 30.3 Å². The van der Waals surface area contributed by atoms with Gasteiger partial charge in [0, 0.05) is 17.7 Å². The highest BCUT2D eigenvalue weighted by atomic mass is 14.7. The van der Waals surface area contributed by atoms with Crippen molar-refractivity contribution in [3.05, 3.63) is 78.4 Å². The SMILES string of the molecule is NCc1ccc(-c2ccccc2)nc1-c1ccccc1. The Labute approximate surface area is 118 Å². The fourth-order valence-corrected chi connectivity index (χ4v) is 2.27. The van der Waals surface area contributed by atoms with Crippen molar-refractivity contribution in [1.29, 1.82) is 0 Å². The van der Waals surface area contributed by atoms with Crippen molar-refractivity contribution in [3.63, 3.8) is 0 Å². The lowest BCUT2D eigenvalue weighted by atomic mass is 10.0. The second-order valence-electron chi connectivity index (χ2n) is 4.64. The second kappa shape index (κ2) is 5.68. The van der Waals surface area contributed by atoms with E-state index in [0.717, 1.165) is 28.1 Å².